The molecule has 2 aromatic rings. The van der Waals surface area contributed by atoms with Crippen LogP contribution in [0, 0.1) is 0 Å². The number of ether oxygens (including phenoxy) is 1. The largest absolute Gasteiger partial charge is 0.497 e. The van der Waals surface area contributed by atoms with E-state index in [2.05, 4.69) is 0 Å². The highest BCUT2D eigenvalue weighted by molar-refractivity contribution is 5.85. The summed E-state index contributed by atoms with van der Waals surface area (Å²) in [6.07, 6.45) is 0. The molecule has 1 unspecified atom stereocenters. The highest BCUT2D eigenvalue weighted by Gasteiger charge is 2.20. The van der Waals surface area contributed by atoms with E-state index in [9.17, 15) is 4.79 Å². The molecule has 18 heavy (non-hydrogen) atoms. The fourth-order valence-corrected chi connectivity index (χ4v) is 1.99. The topological polar surface area (TPSA) is 52.3 Å². The summed E-state index contributed by atoms with van der Waals surface area (Å²) < 4.78 is 5.17. The number of carbonyl (C=O) groups is 1. The second-order valence-electron chi connectivity index (χ2n) is 4.02. The SMILES string of the molecule is COc1cccc(C(C(N)=O)c2ccccc2)c1. The maximum absolute atomic E-state index is 11.7. The quantitative estimate of drug-likeness (QED) is 0.893. The van der Waals surface area contributed by atoms with Crippen LogP contribution in [0.25, 0.3) is 0 Å². The van der Waals surface area contributed by atoms with E-state index >= 15 is 0 Å². The highest BCUT2D eigenvalue weighted by Crippen LogP contribution is 2.26. The van der Waals surface area contributed by atoms with Crippen molar-refractivity contribution in [3.8, 4) is 5.75 Å². The van der Waals surface area contributed by atoms with E-state index in [0.29, 0.717) is 0 Å². The molecule has 2 N–H and O–H groups in total. The third-order valence-corrected chi connectivity index (χ3v) is 2.84. The second-order valence-corrected chi connectivity index (χ2v) is 4.02. The smallest absolute Gasteiger partial charge is 0.229 e. The van der Waals surface area contributed by atoms with Gasteiger partial charge in [0.25, 0.3) is 0 Å². The minimum Gasteiger partial charge on any atom is -0.497 e. The van der Waals surface area contributed by atoms with Crippen LogP contribution in [-0.4, -0.2) is 13.0 Å². The Morgan fingerprint density at radius 3 is 2.33 bits per heavy atom. The van der Waals surface area contributed by atoms with Crippen LogP contribution < -0.4 is 10.5 Å². The molecule has 2 aromatic carbocycles. The average Bonchev–Trinajstić information content (AvgIpc) is 2.40. The van der Waals surface area contributed by atoms with Crippen LogP contribution in [0.3, 0.4) is 0 Å². The van der Waals surface area contributed by atoms with E-state index in [1.54, 1.807) is 7.11 Å². The summed E-state index contributed by atoms with van der Waals surface area (Å²) in [6.45, 7) is 0. The van der Waals surface area contributed by atoms with E-state index in [4.69, 9.17) is 10.5 Å². The van der Waals surface area contributed by atoms with Gasteiger partial charge in [-0.15, -0.1) is 0 Å². The van der Waals surface area contributed by atoms with Crippen molar-refractivity contribution in [3.63, 3.8) is 0 Å². The molecule has 0 aliphatic carbocycles. The van der Waals surface area contributed by atoms with Gasteiger partial charge in [-0.25, -0.2) is 0 Å². The van der Waals surface area contributed by atoms with Gasteiger partial charge >= 0.3 is 0 Å². The van der Waals surface area contributed by atoms with Crippen LogP contribution in [0.1, 0.15) is 17.0 Å². The van der Waals surface area contributed by atoms with Crippen molar-refractivity contribution in [1.82, 2.24) is 0 Å². The third-order valence-electron chi connectivity index (χ3n) is 2.84. The Labute approximate surface area is 106 Å². The van der Waals surface area contributed by atoms with Crippen LogP contribution in [-0.2, 0) is 4.79 Å². The monoisotopic (exact) mass is 241 g/mol. The van der Waals surface area contributed by atoms with E-state index in [1.807, 2.05) is 54.6 Å². The fourth-order valence-electron chi connectivity index (χ4n) is 1.99. The first-order valence-electron chi connectivity index (χ1n) is 5.70. The number of hydrogen-bond donors (Lipinski definition) is 1. The van der Waals surface area contributed by atoms with Gasteiger partial charge in [0, 0.05) is 0 Å². The van der Waals surface area contributed by atoms with Gasteiger partial charge in [-0.2, -0.15) is 0 Å². The first-order chi connectivity index (χ1) is 8.72. The molecule has 3 heteroatoms. The van der Waals surface area contributed by atoms with Gasteiger partial charge in [0.05, 0.1) is 13.0 Å². The van der Waals surface area contributed by atoms with Crippen LogP contribution in [0.2, 0.25) is 0 Å². The van der Waals surface area contributed by atoms with Crippen LogP contribution in [0.4, 0.5) is 0 Å². The first kappa shape index (κ1) is 12.2. The Kier molecular flexibility index (Phi) is 3.63. The highest BCUT2D eigenvalue weighted by atomic mass is 16.5. The molecule has 92 valence electrons. The summed E-state index contributed by atoms with van der Waals surface area (Å²) in [4.78, 5) is 11.7. The lowest BCUT2D eigenvalue weighted by Crippen LogP contribution is -2.22. The van der Waals surface area contributed by atoms with E-state index in [1.165, 1.54) is 0 Å². The summed E-state index contributed by atoms with van der Waals surface area (Å²) in [5.41, 5.74) is 7.24. The van der Waals surface area contributed by atoms with E-state index < -0.39 is 5.92 Å². The molecule has 0 saturated heterocycles. The van der Waals surface area contributed by atoms with Crippen molar-refractivity contribution in [2.24, 2.45) is 5.73 Å². The molecular weight excluding hydrogens is 226 g/mol. The van der Waals surface area contributed by atoms with Crippen molar-refractivity contribution >= 4 is 5.91 Å². The lowest BCUT2D eigenvalue weighted by molar-refractivity contribution is -0.118. The van der Waals surface area contributed by atoms with Crippen LogP contribution in [0.5, 0.6) is 5.75 Å². The second kappa shape index (κ2) is 5.36. The fraction of sp³-hybridized carbons (Fsp3) is 0.133. The number of rotatable bonds is 4. The predicted molar refractivity (Wildman–Crippen MR) is 70.5 cm³/mol. The molecule has 0 radical (unpaired) electrons. The number of amides is 1. The third kappa shape index (κ3) is 2.51. The summed E-state index contributed by atoms with van der Waals surface area (Å²) in [5, 5.41) is 0. The molecule has 3 nitrogen and oxygen atoms in total. The van der Waals surface area contributed by atoms with Gasteiger partial charge < -0.3 is 10.5 Å². The van der Waals surface area contributed by atoms with Gasteiger partial charge in [-0.1, -0.05) is 42.5 Å². The number of primary amides is 1. The number of nitrogens with two attached hydrogens (primary N) is 1. The molecule has 0 aliphatic rings. The lowest BCUT2D eigenvalue weighted by Gasteiger charge is -2.15. The zero-order valence-corrected chi connectivity index (χ0v) is 10.2. The Morgan fingerprint density at radius 2 is 1.72 bits per heavy atom. The molecule has 2 rings (SSSR count). The standard InChI is InChI=1S/C15H15NO2/c1-18-13-9-5-8-12(10-13)14(15(16)17)11-6-3-2-4-7-11/h2-10,14H,1H3,(H2,16,17). The van der Waals surface area contributed by atoms with Gasteiger partial charge in [-0.05, 0) is 23.3 Å². The lowest BCUT2D eigenvalue weighted by atomic mass is 9.91. The zero-order valence-electron chi connectivity index (χ0n) is 10.2. The van der Waals surface area contributed by atoms with Crippen molar-refractivity contribution in [2.75, 3.05) is 7.11 Å². The van der Waals surface area contributed by atoms with Crippen LogP contribution in [0.15, 0.2) is 54.6 Å². The molecule has 0 bridgehead atoms. The van der Waals surface area contributed by atoms with Gasteiger partial charge in [0.2, 0.25) is 5.91 Å². The van der Waals surface area contributed by atoms with Crippen molar-refractivity contribution in [2.45, 2.75) is 5.92 Å². The Morgan fingerprint density at radius 1 is 1.06 bits per heavy atom. The molecule has 0 aromatic heterocycles. The first-order valence-corrected chi connectivity index (χ1v) is 5.70. The summed E-state index contributed by atoms with van der Waals surface area (Å²) in [7, 11) is 1.60. The molecule has 0 heterocycles. The molecule has 0 aliphatic heterocycles. The number of hydrogen-bond acceptors (Lipinski definition) is 2. The maximum atomic E-state index is 11.7. The molecule has 0 saturated carbocycles. The normalized spacial score (nSPS) is 11.8. The Bertz CT molecular complexity index is 537. The average molecular weight is 241 g/mol. The summed E-state index contributed by atoms with van der Waals surface area (Å²) in [6, 6.07) is 16.9. The number of benzene rings is 2. The van der Waals surface area contributed by atoms with Gasteiger partial charge in [-0.3, -0.25) is 4.79 Å². The number of carbonyl (C=O) groups excluding carboxylic acids is 1. The zero-order chi connectivity index (χ0) is 13.0. The minimum atomic E-state index is -0.443. The van der Waals surface area contributed by atoms with E-state index in [-0.39, 0.29) is 5.91 Å². The van der Waals surface area contributed by atoms with Gasteiger partial charge in [0.15, 0.2) is 0 Å². The summed E-state index contributed by atoms with van der Waals surface area (Å²) in [5.74, 6) is -0.0922. The minimum absolute atomic E-state index is 0.366. The van der Waals surface area contributed by atoms with Crippen LogP contribution >= 0.6 is 0 Å². The Hall–Kier alpha value is -2.29. The number of methoxy groups -OCH3 is 1. The molecule has 1 atom stereocenters. The molecular formula is C15H15NO2. The molecule has 1 amide bonds. The molecule has 0 spiro atoms. The maximum Gasteiger partial charge on any atom is 0.229 e. The van der Waals surface area contributed by atoms with Crippen molar-refractivity contribution in [3.05, 3.63) is 65.7 Å². The Balaban J connectivity index is 2.45. The molecule has 0 fully saturated rings. The predicted octanol–water partition coefficient (Wildman–Crippen LogP) is 2.31. The van der Waals surface area contributed by atoms with E-state index in [0.717, 1.165) is 16.9 Å². The van der Waals surface area contributed by atoms with Gasteiger partial charge in [0.1, 0.15) is 5.75 Å². The van der Waals surface area contributed by atoms with Crippen molar-refractivity contribution < 1.29 is 9.53 Å². The van der Waals surface area contributed by atoms with Crippen molar-refractivity contribution in [1.29, 1.82) is 0 Å². The summed E-state index contributed by atoms with van der Waals surface area (Å²) >= 11 is 0.